The van der Waals surface area contributed by atoms with Crippen LogP contribution in [0.15, 0.2) is 66.7 Å². The summed E-state index contributed by atoms with van der Waals surface area (Å²) in [6.07, 6.45) is 2.61. The largest absolute Gasteiger partial charge is 0.445 e. The minimum Gasteiger partial charge on any atom is -0.445 e. The van der Waals surface area contributed by atoms with Crippen LogP contribution in [0.25, 0.3) is 0 Å². The molecule has 6 heteroatoms. The lowest BCUT2D eigenvalue weighted by atomic mass is 10.2. The number of hydrogen-bond acceptors (Lipinski definition) is 4. The fourth-order valence-corrected chi connectivity index (χ4v) is 2.56. The number of ether oxygens (including phenoxy) is 1. The predicted octanol–water partition coefficient (Wildman–Crippen LogP) is 4.29. The molecule has 0 saturated heterocycles. The summed E-state index contributed by atoms with van der Waals surface area (Å²) in [5.74, 6) is 0. The number of benzene rings is 2. The van der Waals surface area contributed by atoms with Crippen LogP contribution in [0.4, 0.5) is 10.5 Å². The molecule has 0 bridgehead atoms. The highest BCUT2D eigenvalue weighted by Crippen LogP contribution is 2.24. The van der Waals surface area contributed by atoms with Crippen molar-refractivity contribution in [2.45, 2.75) is 25.8 Å². The first kappa shape index (κ1) is 17.3. The molecule has 2 aromatic rings. The second-order valence-electron chi connectivity index (χ2n) is 5.66. The maximum atomic E-state index is 12.0. The van der Waals surface area contributed by atoms with Gasteiger partial charge in [-0.2, -0.15) is 0 Å². The van der Waals surface area contributed by atoms with Gasteiger partial charge < -0.3 is 4.74 Å². The highest BCUT2D eigenvalue weighted by molar-refractivity contribution is 6.30. The van der Waals surface area contributed by atoms with Crippen molar-refractivity contribution in [3.05, 3.63) is 77.3 Å². The molecule has 25 heavy (non-hydrogen) atoms. The first-order chi connectivity index (χ1) is 12.1. The number of alkyl carbamates (subject to hydrolysis) is 1. The predicted molar refractivity (Wildman–Crippen MR) is 97.2 cm³/mol. The third kappa shape index (κ3) is 4.75. The van der Waals surface area contributed by atoms with Crippen LogP contribution in [-0.4, -0.2) is 18.4 Å². The Balaban J connectivity index is 1.56. The van der Waals surface area contributed by atoms with Gasteiger partial charge in [0.25, 0.3) is 0 Å². The van der Waals surface area contributed by atoms with Crippen molar-refractivity contribution in [1.29, 1.82) is 0 Å². The molecule has 0 aliphatic carbocycles. The van der Waals surface area contributed by atoms with Crippen LogP contribution < -0.4 is 10.4 Å². The Hall–Kier alpha value is -2.50. The monoisotopic (exact) mass is 358 g/mol. The summed E-state index contributed by atoms with van der Waals surface area (Å²) in [6, 6.07) is 16.8. The number of carbonyl (C=O) groups excluding carboxylic acids is 1. The van der Waals surface area contributed by atoms with E-state index < -0.39 is 12.3 Å². The fraction of sp³-hybridized carbons (Fsp3) is 0.211. The van der Waals surface area contributed by atoms with Crippen LogP contribution in [0.1, 0.15) is 12.5 Å². The molecule has 1 heterocycles. The maximum absolute atomic E-state index is 12.0. The smallest absolute Gasteiger partial charge is 0.409 e. The molecule has 2 atom stereocenters. The molecule has 1 aliphatic rings. The topological polar surface area (TPSA) is 50.8 Å². The summed E-state index contributed by atoms with van der Waals surface area (Å²) >= 11 is 5.92. The van der Waals surface area contributed by atoms with Gasteiger partial charge in [-0.25, -0.2) is 14.7 Å². The molecule has 0 spiro atoms. The Morgan fingerprint density at radius 3 is 2.60 bits per heavy atom. The van der Waals surface area contributed by atoms with Crippen molar-refractivity contribution >= 4 is 23.4 Å². The third-order valence-corrected chi connectivity index (χ3v) is 3.97. The lowest BCUT2D eigenvalue weighted by molar-refractivity contribution is 0.0209. The first-order valence-corrected chi connectivity index (χ1v) is 8.37. The Labute approximate surface area is 151 Å². The van der Waals surface area contributed by atoms with E-state index in [1.165, 1.54) is 0 Å². The van der Waals surface area contributed by atoms with Gasteiger partial charge in [0.1, 0.15) is 6.61 Å². The third-order valence-electron chi connectivity index (χ3n) is 3.72. The molecular weight excluding hydrogens is 340 g/mol. The summed E-state index contributed by atoms with van der Waals surface area (Å²) in [5, 5.41) is 5.06. The molecule has 2 aromatic carbocycles. The number of halogens is 1. The molecule has 0 aromatic heterocycles. The van der Waals surface area contributed by atoms with Crippen molar-refractivity contribution < 1.29 is 14.4 Å². The first-order valence-electron chi connectivity index (χ1n) is 7.99. The summed E-state index contributed by atoms with van der Waals surface area (Å²) < 4.78 is 5.21. The van der Waals surface area contributed by atoms with Gasteiger partial charge in [0.05, 0.1) is 11.7 Å². The highest BCUT2D eigenvalue weighted by atomic mass is 35.5. The molecule has 3 rings (SSSR count). The summed E-state index contributed by atoms with van der Waals surface area (Å²) in [6.45, 7) is 2.20. The Morgan fingerprint density at radius 1 is 1.16 bits per heavy atom. The number of nitrogens with zero attached hydrogens (tertiary/aromatic N) is 1. The molecule has 0 saturated carbocycles. The van der Waals surface area contributed by atoms with E-state index in [1.807, 2.05) is 55.5 Å². The van der Waals surface area contributed by atoms with Gasteiger partial charge in [0, 0.05) is 5.02 Å². The molecule has 1 aliphatic heterocycles. The summed E-state index contributed by atoms with van der Waals surface area (Å²) in [5.41, 5.74) is 1.78. The Morgan fingerprint density at radius 2 is 1.88 bits per heavy atom. The quantitative estimate of drug-likeness (QED) is 0.828. The van der Waals surface area contributed by atoms with Gasteiger partial charge in [-0.3, -0.25) is 5.32 Å². The second kappa shape index (κ2) is 8.05. The van der Waals surface area contributed by atoms with Gasteiger partial charge in [-0.05, 0) is 42.8 Å². The van der Waals surface area contributed by atoms with Crippen molar-refractivity contribution in [2.24, 2.45) is 0 Å². The number of rotatable bonds is 4. The van der Waals surface area contributed by atoms with Gasteiger partial charge in [0.15, 0.2) is 6.23 Å². The fourth-order valence-electron chi connectivity index (χ4n) is 2.43. The van der Waals surface area contributed by atoms with Crippen molar-refractivity contribution in [1.82, 2.24) is 5.32 Å². The summed E-state index contributed by atoms with van der Waals surface area (Å²) in [7, 11) is 0. The van der Waals surface area contributed by atoms with E-state index in [0.29, 0.717) is 5.02 Å². The van der Waals surface area contributed by atoms with E-state index in [-0.39, 0.29) is 12.6 Å². The van der Waals surface area contributed by atoms with E-state index in [4.69, 9.17) is 21.2 Å². The number of anilines is 1. The molecule has 0 radical (unpaired) electrons. The van der Waals surface area contributed by atoms with Crippen molar-refractivity contribution in [3.8, 4) is 0 Å². The number of hydrogen-bond donors (Lipinski definition) is 1. The van der Waals surface area contributed by atoms with Gasteiger partial charge in [-0.15, -0.1) is 0 Å². The number of amides is 1. The zero-order chi connectivity index (χ0) is 17.6. The molecule has 1 amide bonds. The maximum Gasteiger partial charge on any atom is 0.409 e. The van der Waals surface area contributed by atoms with E-state index in [0.717, 1.165) is 11.3 Å². The minimum atomic E-state index is -0.602. The van der Waals surface area contributed by atoms with E-state index in [1.54, 1.807) is 23.3 Å². The zero-order valence-corrected chi connectivity index (χ0v) is 14.5. The average Bonchev–Trinajstić information content (AvgIpc) is 2.63. The van der Waals surface area contributed by atoms with Crippen LogP contribution in [0, 0.1) is 0 Å². The van der Waals surface area contributed by atoms with Crippen molar-refractivity contribution in [3.63, 3.8) is 0 Å². The SMILES string of the molecule is CC1C=CC(NC(=O)OCc2ccccc2)ON1c1ccc(Cl)cc1. The van der Waals surface area contributed by atoms with Crippen LogP contribution in [0.5, 0.6) is 0 Å². The van der Waals surface area contributed by atoms with Crippen LogP contribution in [-0.2, 0) is 16.2 Å². The lowest BCUT2D eigenvalue weighted by Crippen LogP contribution is -2.46. The van der Waals surface area contributed by atoms with Crippen LogP contribution in [0.2, 0.25) is 5.02 Å². The number of nitrogens with one attached hydrogen (secondary N) is 1. The molecular formula is C19H19ClN2O3. The number of hydroxylamine groups is 1. The van der Waals surface area contributed by atoms with Gasteiger partial charge >= 0.3 is 6.09 Å². The van der Waals surface area contributed by atoms with Crippen LogP contribution >= 0.6 is 11.6 Å². The summed E-state index contributed by atoms with van der Waals surface area (Å²) in [4.78, 5) is 17.8. The molecule has 2 unspecified atom stereocenters. The van der Waals surface area contributed by atoms with E-state index >= 15 is 0 Å². The van der Waals surface area contributed by atoms with Crippen molar-refractivity contribution in [2.75, 3.05) is 5.06 Å². The zero-order valence-electron chi connectivity index (χ0n) is 13.8. The minimum absolute atomic E-state index is 0.0274. The normalized spacial score (nSPS) is 19.5. The molecule has 0 fully saturated rings. The lowest BCUT2D eigenvalue weighted by Gasteiger charge is -2.34. The number of carbonyl (C=O) groups is 1. The second-order valence-corrected chi connectivity index (χ2v) is 6.10. The Bertz CT molecular complexity index is 734. The van der Waals surface area contributed by atoms with E-state index in [9.17, 15) is 4.79 Å². The highest BCUT2D eigenvalue weighted by Gasteiger charge is 2.24. The molecule has 130 valence electrons. The van der Waals surface area contributed by atoms with Gasteiger partial charge in [0.2, 0.25) is 0 Å². The molecule has 5 nitrogen and oxygen atoms in total. The Kier molecular flexibility index (Phi) is 5.58. The van der Waals surface area contributed by atoms with Crippen LogP contribution in [0.3, 0.4) is 0 Å². The van der Waals surface area contributed by atoms with Gasteiger partial charge in [-0.1, -0.05) is 48.0 Å². The average molecular weight is 359 g/mol. The molecule has 1 N–H and O–H groups in total. The van der Waals surface area contributed by atoms with E-state index in [2.05, 4.69) is 5.32 Å². The standard InChI is InChI=1S/C19H19ClN2O3/c1-14-7-12-18(25-22(14)17-10-8-16(20)9-11-17)21-19(23)24-13-15-5-3-2-4-6-15/h2-12,14,18H,13H2,1H3,(H,21,23).